The summed E-state index contributed by atoms with van der Waals surface area (Å²) in [5.41, 5.74) is 8.26. The van der Waals surface area contributed by atoms with Crippen molar-refractivity contribution in [3.8, 4) is 11.4 Å². The first-order valence-electron chi connectivity index (χ1n) is 5.99. The first-order valence-corrected chi connectivity index (χ1v) is 6.37. The van der Waals surface area contributed by atoms with Crippen molar-refractivity contribution in [1.82, 2.24) is 9.97 Å². The number of anilines is 1. The lowest BCUT2D eigenvalue weighted by Crippen LogP contribution is -2.06. The summed E-state index contributed by atoms with van der Waals surface area (Å²) < 4.78 is 13.5. The van der Waals surface area contributed by atoms with Crippen LogP contribution in [0.1, 0.15) is 31.0 Å². The summed E-state index contributed by atoms with van der Waals surface area (Å²) in [7, 11) is 0. The zero-order chi connectivity index (χ0) is 14.2. The van der Waals surface area contributed by atoms with E-state index in [9.17, 15) is 4.39 Å². The Bertz CT molecular complexity index is 603. The number of rotatable bonds is 2. The van der Waals surface area contributed by atoms with Gasteiger partial charge in [-0.05, 0) is 31.0 Å². The normalized spacial score (nSPS) is 11.1. The van der Waals surface area contributed by atoms with Gasteiger partial charge in [0.1, 0.15) is 11.6 Å². The van der Waals surface area contributed by atoms with E-state index in [1.54, 1.807) is 6.07 Å². The highest BCUT2D eigenvalue weighted by Crippen LogP contribution is 2.27. The number of hydrogen-bond donors (Lipinski definition) is 1. The minimum atomic E-state index is -0.494. The highest BCUT2D eigenvalue weighted by molar-refractivity contribution is 6.30. The molecule has 0 fully saturated rings. The zero-order valence-corrected chi connectivity index (χ0v) is 11.8. The molecule has 1 aromatic heterocycles. The number of nitrogens with zero attached hydrogens (tertiary/aromatic N) is 2. The third-order valence-electron chi connectivity index (χ3n) is 2.92. The minimum absolute atomic E-state index is 0.0762. The van der Waals surface area contributed by atoms with Crippen molar-refractivity contribution in [3.05, 3.63) is 40.3 Å². The van der Waals surface area contributed by atoms with Crippen molar-refractivity contribution in [2.75, 3.05) is 5.73 Å². The van der Waals surface area contributed by atoms with Crippen LogP contribution in [0.15, 0.2) is 18.2 Å². The molecular formula is C14H15ClFN3. The molecule has 3 nitrogen and oxygen atoms in total. The van der Waals surface area contributed by atoms with Gasteiger partial charge in [0.2, 0.25) is 0 Å². The summed E-state index contributed by atoms with van der Waals surface area (Å²) in [4.78, 5) is 8.65. The maximum Gasteiger partial charge on any atom is 0.161 e. The van der Waals surface area contributed by atoms with Crippen molar-refractivity contribution in [2.45, 2.75) is 26.7 Å². The Morgan fingerprint density at radius 2 is 1.95 bits per heavy atom. The van der Waals surface area contributed by atoms with E-state index in [0.717, 1.165) is 11.3 Å². The molecule has 1 heterocycles. The lowest BCUT2D eigenvalue weighted by Gasteiger charge is -2.13. The number of benzene rings is 1. The van der Waals surface area contributed by atoms with E-state index in [4.69, 9.17) is 17.3 Å². The molecule has 0 bridgehead atoms. The molecule has 2 rings (SSSR count). The van der Waals surface area contributed by atoms with Gasteiger partial charge in [0.25, 0.3) is 0 Å². The number of aromatic nitrogens is 2. The van der Waals surface area contributed by atoms with Gasteiger partial charge in [-0.1, -0.05) is 25.4 Å². The van der Waals surface area contributed by atoms with E-state index in [2.05, 4.69) is 9.97 Å². The second kappa shape index (κ2) is 5.13. The molecule has 0 unspecified atom stereocenters. The fourth-order valence-corrected chi connectivity index (χ4v) is 2.20. The van der Waals surface area contributed by atoms with Gasteiger partial charge in [-0.25, -0.2) is 14.4 Å². The average Bonchev–Trinajstić information content (AvgIpc) is 2.31. The Balaban J connectivity index is 2.55. The topological polar surface area (TPSA) is 51.8 Å². The molecule has 2 N–H and O–H groups in total. The number of hydrogen-bond acceptors (Lipinski definition) is 3. The van der Waals surface area contributed by atoms with Crippen LogP contribution in [-0.4, -0.2) is 9.97 Å². The number of halogens is 2. The molecule has 100 valence electrons. The monoisotopic (exact) mass is 279 g/mol. The number of nitrogen functional groups attached to an aromatic ring is 1. The molecule has 0 saturated heterocycles. The van der Waals surface area contributed by atoms with Crippen molar-refractivity contribution < 1.29 is 4.39 Å². The zero-order valence-electron chi connectivity index (χ0n) is 11.0. The molecule has 2 aromatic rings. The summed E-state index contributed by atoms with van der Waals surface area (Å²) in [6.45, 7) is 5.94. The van der Waals surface area contributed by atoms with Gasteiger partial charge in [0, 0.05) is 16.8 Å². The first kappa shape index (κ1) is 13.7. The smallest absolute Gasteiger partial charge is 0.161 e. The highest BCUT2D eigenvalue weighted by atomic mass is 35.5. The van der Waals surface area contributed by atoms with E-state index < -0.39 is 5.82 Å². The van der Waals surface area contributed by atoms with E-state index in [0.29, 0.717) is 17.2 Å². The SMILES string of the molecule is Cc1nc(-c2ccc(Cl)c(F)c2)nc(N)c1C(C)C. The van der Waals surface area contributed by atoms with Crippen LogP contribution in [0.4, 0.5) is 10.2 Å². The van der Waals surface area contributed by atoms with Crippen molar-refractivity contribution in [1.29, 1.82) is 0 Å². The Kier molecular flexibility index (Phi) is 3.71. The summed E-state index contributed by atoms with van der Waals surface area (Å²) >= 11 is 5.66. The second-order valence-corrected chi connectivity index (χ2v) is 5.12. The molecule has 1 aromatic carbocycles. The molecule has 5 heteroatoms. The lowest BCUT2D eigenvalue weighted by molar-refractivity contribution is 0.628. The van der Waals surface area contributed by atoms with Crippen LogP contribution in [-0.2, 0) is 0 Å². The fraction of sp³-hybridized carbons (Fsp3) is 0.286. The van der Waals surface area contributed by atoms with Gasteiger partial charge in [0.05, 0.1) is 5.02 Å². The largest absolute Gasteiger partial charge is 0.383 e. The molecule has 0 aliphatic carbocycles. The van der Waals surface area contributed by atoms with Crippen LogP contribution in [0.25, 0.3) is 11.4 Å². The molecule has 0 aliphatic rings. The van der Waals surface area contributed by atoms with E-state index >= 15 is 0 Å². The first-order chi connectivity index (χ1) is 8.90. The maximum atomic E-state index is 13.5. The Morgan fingerprint density at radius 1 is 1.26 bits per heavy atom. The molecule has 0 radical (unpaired) electrons. The van der Waals surface area contributed by atoms with Crippen molar-refractivity contribution >= 4 is 17.4 Å². The van der Waals surface area contributed by atoms with Crippen molar-refractivity contribution in [2.24, 2.45) is 0 Å². The summed E-state index contributed by atoms with van der Waals surface area (Å²) in [5, 5.41) is 0.0762. The molecule has 0 saturated carbocycles. The lowest BCUT2D eigenvalue weighted by atomic mass is 10.0. The highest BCUT2D eigenvalue weighted by Gasteiger charge is 2.14. The number of nitrogens with two attached hydrogens (primary N) is 1. The summed E-state index contributed by atoms with van der Waals surface area (Å²) in [5.74, 6) is 0.603. The van der Waals surface area contributed by atoms with Crippen LogP contribution in [0, 0.1) is 12.7 Å². The summed E-state index contributed by atoms with van der Waals surface area (Å²) in [6.07, 6.45) is 0. The van der Waals surface area contributed by atoms with Gasteiger partial charge >= 0.3 is 0 Å². The Labute approximate surface area is 116 Å². The van der Waals surface area contributed by atoms with Crippen molar-refractivity contribution in [3.63, 3.8) is 0 Å². The Morgan fingerprint density at radius 3 is 2.47 bits per heavy atom. The van der Waals surface area contributed by atoms with Crippen LogP contribution < -0.4 is 5.73 Å². The number of aryl methyl sites for hydroxylation is 1. The molecular weight excluding hydrogens is 265 g/mol. The van der Waals surface area contributed by atoms with Crippen LogP contribution >= 0.6 is 11.6 Å². The fourth-order valence-electron chi connectivity index (χ4n) is 2.08. The average molecular weight is 280 g/mol. The van der Waals surface area contributed by atoms with E-state index in [1.165, 1.54) is 12.1 Å². The predicted molar refractivity (Wildman–Crippen MR) is 75.7 cm³/mol. The van der Waals surface area contributed by atoms with Crippen LogP contribution in [0.2, 0.25) is 5.02 Å². The van der Waals surface area contributed by atoms with Gasteiger partial charge in [-0.2, -0.15) is 0 Å². The Hall–Kier alpha value is -1.68. The molecule has 0 amide bonds. The quantitative estimate of drug-likeness (QED) is 0.905. The molecule has 19 heavy (non-hydrogen) atoms. The third kappa shape index (κ3) is 2.68. The van der Waals surface area contributed by atoms with Gasteiger partial charge in [-0.3, -0.25) is 0 Å². The maximum absolute atomic E-state index is 13.5. The minimum Gasteiger partial charge on any atom is -0.383 e. The van der Waals surface area contributed by atoms with Gasteiger partial charge in [0.15, 0.2) is 5.82 Å². The molecule has 0 aliphatic heterocycles. The van der Waals surface area contributed by atoms with E-state index in [-0.39, 0.29) is 10.9 Å². The standard InChI is InChI=1S/C14H15ClFN3/c1-7(2)12-8(3)18-14(19-13(12)17)9-4-5-10(15)11(16)6-9/h4-7H,1-3H3,(H2,17,18,19). The van der Waals surface area contributed by atoms with Crippen LogP contribution in [0.5, 0.6) is 0 Å². The predicted octanol–water partition coefficient (Wildman–Crippen LogP) is 3.95. The van der Waals surface area contributed by atoms with Gasteiger partial charge < -0.3 is 5.73 Å². The second-order valence-electron chi connectivity index (χ2n) is 4.72. The van der Waals surface area contributed by atoms with Crippen LogP contribution in [0.3, 0.4) is 0 Å². The van der Waals surface area contributed by atoms with Gasteiger partial charge in [-0.15, -0.1) is 0 Å². The summed E-state index contributed by atoms with van der Waals surface area (Å²) in [6, 6.07) is 4.47. The third-order valence-corrected chi connectivity index (χ3v) is 3.23. The molecule has 0 atom stereocenters. The molecule has 0 spiro atoms. The van der Waals surface area contributed by atoms with E-state index in [1.807, 2.05) is 20.8 Å².